The highest BCUT2D eigenvalue weighted by molar-refractivity contribution is 7.20. The van der Waals surface area contributed by atoms with Crippen molar-refractivity contribution in [3.63, 3.8) is 0 Å². The molecule has 0 aliphatic carbocycles. The summed E-state index contributed by atoms with van der Waals surface area (Å²) in [4.78, 5) is 13.0. The molecule has 3 nitrogen and oxygen atoms in total. The van der Waals surface area contributed by atoms with Gasteiger partial charge in [0.1, 0.15) is 5.82 Å². The smallest absolute Gasteiger partial charge is 0.261 e. The largest absolute Gasteiger partial charge is 0.375 e. The molecule has 0 spiro atoms. The lowest BCUT2D eigenvalue weighted by Crippen LogP contribution is -2.28. The van der Waals surface area contributed by atoms with Crippen molar-refractivity contribution in [2.75, 3.05) is 13.7 Å². The maximum absolute atomic E-state index is 13.3. The zero-order chi connectivity index (χ0) is 16.2. The van der Waals surface area contributed by atoms with Gasteiger partial charge in [0.05, 0.1) is 11.0 Å². The van der Waals surface area contributed by atoms with Crippen LogP contribution >= 0.6 is 11.3 Å². The second-order valence-corrected chi connectivity index (χ2v) is 6.22. The fourth-order valence-corrected chi connectivity index (χ4v) is 3.39. The molecule has 1 heterocycles. The van der Waals surface area contributed by atoms with Crippen molar-refractivity contribution in [3.05, 3.63) is 70.9 Å². The van der Waals surface area contributed by atoms with E-state index in [9.17, 15) is 9.18 Å². The summed E-state index contributed by atoms with van der Waals surface area (Å²) in [6, 6.07) is 15.9. The molecule has 3 rings (SSSR count). The van der Waals surface area contributed by atoms with E-state index < -0.39 is 0 Å². The van der Waals surface area contributed by atoms with Crippen LogP contribution in [0.2, 0.25) is 0 Å². The molecule has 1 amide bonds. The maximum atomic E-state index is 13.3. The van der Waals surface area contributed by atoms with Crippen LogP contribution in [0.5, 0.6) is 0 Å². The molecule has 0 radical (unpaired) electrons. The number of benzene rings is 2. The molecule has 0 aliphatic heterocycles. The Morgan fingerprint density at radius 1 is 1.22 bits per heavy atom. The van der Waals surface area contributed by atoms with Crippen molar-refractivity contribution in [1.29, 1.82) is 0 Å². The number of methoxy groups -OCH3 is 1. The van der Waals surface area contributed by atoms with E-state index in [-0.39, 0.29) is 24.4 Å². The van der Waals surface area contributed by atoms with Crippen LogP contribution in [0.3, 0.4) is 0 Å². The quantitative estimate of drug-likeness (QED) is 0.763. The maximum Gasteiger partial charge on any atom is 0.261 e. The number of hydrogen-bond acceptors (Lipinski definition) is 3. The molecule has 0 fully saturated rings. The van der Waals surface area contributed by atoms with Gasteiger partial charge in [0.2, 0.25) is 0 Å². The summed E-state index contributed by atoms with van der Waals surface area (Å²) in [6.07, 6.45) is -0.385. The van der Waals surface area contributed by atoms with Gasteiger partial charge in [-0.3, -0.25) is 4.79 Å². The highest BCUT2D eigenvalue weighted by Crippen LogP contribution is 2.25. The monoisotopic (exact) mass is 329 g/mol. The van der Waals surface area contributed by atoms with Crippen molar-refractivity contribution < 1.29 is 13.9 Å². The van der Waals surface area contributed by atoms with Crippen LogP contribution in [-0.4, -0.2) is 19.6 Å². The van der Waals surface area contributed by atoms with E-state index in [1.165, 1.54) is 23.5 Å². The fourth-order valence-electron chi connectivity index (χ4n) is 2.41. The zero-order valence-electron chi connectivity index (χ0n) is 12.6. The minimum Gasteiger partial charge on any atom is -0.375 e. The summed E-state index contributed by atoms with van der Waals surface area (Å²) in [5, 5.41) is 3.90. The van der Waals surface area contributed by atoms with Gasteiger partial charge < -0.3 is 10.1 Å². The van der Waals surface area contributed by atoms with Crippen molar-refractivity contribution in [2.45, 2.75) is 6.10 Å². The van der Waals surface area contributed by atoms with E-state index in [0.717, 1.165) is 10.1 Å². The average Bonchev–Trinajstić information content (AvgIpc) is 2.99. The van der Waals surface area contributed by atoms with Crippen LogP contribution in [0.1, 0.15) is 21.3 Å². The summed E-state index contributed by atoms with van der Waals surface area (Å²) >= 11 is 1.45. The van der Waals surface area contributed by atoms with Gasteiger partial charge in [-0.1, -0.05) is 30.3 Å². The normalized spacial score (nSPS) is 12.3. The van der Waals surface area contributed by atoms with Crippen molar-refractivity contribution in [1.82, 2.24) is 5.32 Å². The minimum atomic E-state index is -0.385. The van der Waals surface area contributed by atoms with Crippen LogP contribution in [-0.2, 0) is 4.74 Å². The first-order valence-corrected chi connectivity index (χ1v) is 8.04. The van der Waals surface area contributed by atoms with E-state index in [2.05, 4.69) is 5.32 Å². The van der Waals surface area contributed by atoms with Crippen molar-refractivity contribution in [3.8, 4) is 0 Å². The number of carbonyl (C=O) groups is 1. The molecular weight excluding hydrogens is 313 g/mol. The Kier molecular flexibility index (Phi) is 4.69. The Balaban J connectivity index is 1.69. The first-order chi connectivity index (χ1) is 11.2. The van der Waals surface area contributed by atoms with E-state index >= 15 is 0 Å². The minimum absolute atomic E-state index is 0.148. The molecule has 0 aliphatic rings. The molecule has 1 aromatic heterocycles. The molecule has 1 atom stereocenters. The number of fused-ring (bicyclic) bond motifs is 1. The standard InChI is InChI=1S/C18H16FNO2S/c1-22-15(12-6-4-7-14(19)9-12)11-20-18(21)17-10-13-5-2-3-8-16(13)23-17/h2-10,15H,11H2,1H3,(H,20,21)/t15-/m1/s1. The third-order valence-electron chi connectivity index (χ3n) is 3.60. The van der Waals surface area contributed by atoms with Gasteiger partial charge in [0, 0.05) is 18.4 Å². The molecule has 3 aromatic rings. The molecule has 118 valence electrons. The first-order valence-electron chi connectivity index (χ1n) is 7.22. The highest BCUT2D eigenvalue weighted by atomic mass is 32.1. The number of carbonyl (C=O) groups excluding carboxylic acids is 1. The second-order valence-electron chi connectivity index (χ2n) is 5.14. The number of halogens is 1. The lowest BCUT2D eigenvalue weighted by Gasteiger charge is -2.16. The molecule has 0 bridgehead atoms. The second kappa shape index (κ2) is 6.89. The zero-order valence-corrected chi connectivity index (χ0v) is 13.4. The molecule has 1 N–H and O–H groups in total. The SMILES string of the molecule is CO[C@H](CNC(=O)c1cc2ccccc2s1)c1cccc(F)c1. The molecule has 0 saturated carbocycles. The summed E-state index contributed by atoms with van der Waals surface area (Å²) in [6.45, 7) is 0.285. The van der Waals surface area contributed by atoms with E-state index in [1.54, 1.807) is 19.2 Å². The topological polar surface area (TPSA) is 38.3 Å². The predicted octanol–water partition coefficient (Wildman–Crippen LogP) is 4.16. The summed E-state index contributed by atoms with van der Waals surface area (Å²) in [7, 11) is 1.54. The van der Waals surface area contributed by atoms with Crippen molar-refractivity contribution >= 4 is 27.3 Å². The van der Waals surface area contributed by atoms with Gasteiger partial charge >= 0.3 is 0 Å². The Labute approximate surface area is 137 Å². The van der Waals surface area contributed by atoms with Gasteiger partial charge in [0.15, 0.2) is 0 Å². The van der Waals surface area contributed by atoms with Crippen LogP contribution in [0, 0.1) is 5.82 Å². The van der Waals surface area contributed by atoms with Crippen molar-refractivity contribution in [2.24, 2.45) is 0 Å². The summed E-state index contributed by atoms with van der Waals surface area (Å²) in [5.74, 6) is -0.468. The number of ether oxygens (including phenoxy) is 1. The lowest BCUT2D eigenvalue weighted by atomic mass is 10.1. The average molecular weight is 329 g/mol. The molecule has 0 unspecified atom stereocenters. The molecule has 5 heteroatoms. The summed E-state index contributed by atoms with van der Waals surface area (Å²) in [5.41, 5.74) is 0.698. The Bertz CT molecular complexity index is 798. The number of amides is 1. The molecule has 23 heavy (non-hydrogen) atoms. The van der Waals surface area contributed by atoms with Crippen LogP contribution < -0.4 is 5.32 Å². The molecular formula is C18H16FNO2S. The van der Waals surface area contributed by atoms with Crippen LogP contribution in [0.15, 0.2) is 54.6 Å². The van der Waals surface area contributed by atoms with Crippen LogP contribution in [0.4, 0.5) is 4.39 Å². The summed E-state index contributed by atoms with van der Waals surface area (Å²) < 4.78 is 19.7. The van der Waals surface area contributed by atoms with Gasteiger partial charge in [-0.05, 0) is 35.2 Å². The van der Waals surface area contributed by atoms with E-state index in [4.69, 9.17) is 4.74 Å². The van der Waals surface area contributed by atoms with Gasteiger partial charge in [-0.25, -0.2) is 4.39 Å². The number of thiophene rings is 1. The molecule has 0 saturated heterocycles. The van der Waals surface area contributed by atoms with Gasteiger partial charge in [-0.2, -0.15) is 0 Å². The highest BCUT2D eigenvalue weighted by Gasteiger charge is 2.15. The Morgan fingerprint density at radius 3 is 2.78 bits per heavy atom. The lowest BCUT2D eigenvalue weighted by molar-refractivity contribution is 0.0830. The fraction of sp³-hybridized carbons (Fsp3) is 0.167. The van der Waals surface area contributed by atoms with Gasteiger partial charge in [0.25, 0.3) is 5.91 Å². The van der Waals surface area contributed by atoms with Gasteiger partial charge in [-0.15, -0.1) is 11.3 Å². The third-order valence-corrected chi connectivity index (χ3v) is 4.72. The number of rotatable bonds is 5. The van der Waals surface area contributed by atoms with Crippen LogP contribution in [0.25, 0.3) is 10.1 Å². The Hall–Kier alpha value is -2.24. The van der Waals surface area contributed by atoms with E-state index in [0.29, 0.717) is 10.4 Å². The number of nitrogens with one attached hydrogen (secondary N) is 1. The first kappa shape index (κ1) is 15.6. The van der Waals surface area contributed by atoms with E-state index in [1.807, 2.05) is 30.3 Å². The Morgan fingerprint density at radius 2 is 2.04 bits per heavy atom. The predicted molar refractivity (Wildman–Crippen MR) is 90.3 cm³/mol. The number of hydrogen-bond donors (Lipinski definition) is 1. The third kappa shape index (κ3) is 3.57. The molecule has 2 aromatic carbocycles.